The van der Waals surface area contributed by atoms with Crippen LogP contribution in [0, 0.1) is 0 Å². The fourth-order valence-corrected chi connectivity index (χ4v) is 2.39. The molecule has 0 fully saturated rings. The van der Waals surface area contributed by atoms with Gasteiger partial charge in [-0.15, -0.1) is 0 Å². The maximum absolute atomic E-state index is 12.4. The zero-order chi connectivity index (χ0) is 18.2. The van der Waals surface area contributed by atoms with Crippen molar-refractivity contribution >= 4 is 17.7 Å². The molecule has 0 saturated carbocycles. The van der Waals surface area contributed by atoms with Crippen LogP contribution in [-0.4, -0.2) is 25.7 Å². The molecule has 2 rings (SSSR count). The zero-order valence-electron chi connectivity index (χ0n) is 14.8. The molecule has 2 aromatic carbocycles. The average Bonchev–Trinajstić information content (AvgIpc) is 2.62. The van der Waals surface area contributed by atoms with Gasteiger partial charge in [-0.25, -0.2) is 9.59 Å². The first-order chi connectivity index (χ1) is 12.1. The molecule has 0 bridgehead atoms. The van der Waals surface area contributed by atoms with Gasteiger partial charge in [0.05, 0.1) is 17.9 Å². The fourth-order valence-electron chi connectivity index (χ4n) is 2.39. The molecule has 132 valence electrons. The van der Waals surface area contributed by atoms with Gasteiger partial charge in [0.1, 0.15) is 0 Å². The van der Waals surface area contributed by atoms with Crippen molar-refractivity contribution in [3.63, 3.8) is 0 Å². The lowest BCUT2D eigenvalue weighted by Gasteiger charge is -2.19. The molecule has 0 aliphatic carbocycles. The summed E-state index contributed by atoms with van der Waals surface area (Å²) in [5, 5.41) is 0. The topological polar surface area (TPSA) is 55.8 Å². The van der Waals surface area contributed by atoms with E-state index in [9.17, 15) is 9.59 Å². The van der Waals surface area contributed by atoms with Crippen LogP contribution in [0.15, 0.2) is 48.5 Å². The smallest absolute Gasteiger partial charge is 0.414 e. The van der Waals surface area contributed by atoms with Crippen molar-refractivity contribution in [3.05, 3.63) is 59.7 Å². The minimum absolute atomic E-state index is 0.273. The second-order valence-electron chi connectivity index (χ2n) is 5.56. The molecule has 0 atom stereocenters. The van der Waals surface area contributed by atoms with Crippen LogP contribution in [0.25, 0.3) is 0 Å². The molecule has 2 aromatic rings. The molecule has 1 amide bonds. The number of benzene rings is 2. The van der Waals surface area contributed by atoms with Crippen molar-refractivity contribution in [3.8, 4) is 5.75 Å². The highest BCUT2D eigenvalue weighted by molar-refractivity contribution is 5.94. The third kappa shape index (κ3) is 4.83. The Morgan fingerprint density at radius 1 is 1.00 bits per heavy atom. The van der Waals surface area contributed by atoms with E-state index in [4.69, 9.17) is 9.47 Å². The van der Waals surface area contributed by atoms with Gasteiger partial charge in [-0.2, -0.15) is 0 Å². The van der Waals surface area contributed by atoms with Crippen molar-refractivity contribution < 1.29 is 19.1 Å². The number of esters is 1. The predicted octanol–water partition coefficient (Wildman–Crippen LogP) is 4.45. The normalized spacial score (nSPS) is 10.2. The summed E-state index contributed by atoms with van der Waals surface area (Å²) in [6.07, 6.45) is 1.52. The quantitative estimate of drug-likeness (QED) is 0.575. The first kappa shape index (κ1) is 18.5. The molecule has 0 radical (unpaired) electrons. The van der Waals surface area contributed by atoms with Gasteiger partial charge in [-0.05, 0) is 43.2 Å². The number of amides is 1. The van der Waals surface area contributed by atoms with E-state index in [1.54, 1.807) is 50.4 Å². The van der Waals surface area contributed by atoms with Gasteiger partial charge >= 0.3 is 12.1 Å². The molecular weight excluding hydrogens is 318 g/mol. The molecule has 0 unspecified atom stereocenters. The van der Waals surface area contributed by atoms with E-state index in [0.29, 0.717) is 17.0 Å². The molecule has 0 N–H and O–H groups in total. The Balaban J connectivity index is 2.16. The molecule has 0 aromatic heterocycles. The van der Waals surface area contributed by atoms with Crippen molar-refractivity contribution in [2.75, 3.05) is 18.6 Å². The second kappa shape index (κ2) is 8.87. The monoisotopic (exact) mass is 341 g/mol. The number of para-hydroxylation sites is 2. The fraction of sp³-hybridized carbons (Fsp3) is 0.300. The van der Waals surface area contributed by atoms with Crippen LogP contribution < -0.4 is 9.64 Å². The van der Waals surface area contributed by atoms with E-state index >= 15 is 0 Å². The molecule has 5 heteroatoms. The van der Waals surface area contributed by atoms with Gasteiger partial charge in [0.2, 0.25) is 0 Å². The summed E-state index contributed by atoms with van der Waals surface area (Å²) in [5.74, 6) is -0.159. The Kier molecular flexibility index (Phi) is 6.57. The lowest BCUT2D eigenvalue weighted by atomic mass is 10.1. The third-order valence-electron chi connectivity index (χ3n) is 3.70. The van der Waals surface area contributed by atoms with Crippen LogP contribution in [0.5, 0.6) is 5.75 Å². The Bertz CT molecular complexity index is 725. The van der Waals surface area contributed by atoms with Crippen LogP contribution in [-0.2, 0) is 11.2 Å². The zero-order valence-corrected chi connectivity index (χ0v) is 14.8. The van der Waals surface area contributed by atoms with Crippen LogP contribution in [0.4, 0.5) is 10.5 Å². The van der Waals surface area contributed by atoms with E-state index < -0.39 is 12.1 Å². The summed E-state index contributed by atoms with van der Waals surface area (Å²) in [6, 6.07) is 14.2. The summed E-state index contributed by atoms with van der Waals surface area (Å²) >= 11 is 0. The van der Waals surface area contributed by atoms with E-state index in [1.807, 2.05) is 12.1 Å². The summed E-state index contributed by atoms with van der Waals surface area (Å²) in [5.41, 5.74) is 2.12. The van der Waals surface area contributed by atoms with Crippen molar-refractivity contribution in [2.24, 2.45) is 0 Å². The van der Waals surface area contributed by atoms with Crippen LogP contribution >= 0.6 is 0 Å². The van der Waals surface area contributed by atoms with Gasteiger partial charge in [0.15, 0.2) is 5.75 Å². The Hall–Kier alpha value is -2.82. The van der Waals surface area contributed by atoms with Crippen LogP contribution in [0.2, 0.25) is 0 Å². The third-order valence-corrected chi connectivity index (χ3v) is 3.70. The SMILES string of the molecule is CCCc1ccc(C(=O)Oc2ccccc2N(C)C(=O)OCC)cc1. The number of carbonyl (C=O) groups excluding carboxylic acids is 2. The minimum atomic E-state index is -0.505. The first-order valence-electron chi connectivity index (χ1n) is 8.37. The standard InChI is InChI=1S/C20H23NO4/c1-4-8-15-11-13-16(14-12-15)19(22)25-18-10-7-6-9-17(18)21(3)20(23)24-5-2/h6-7,9-14H,4-5,8H2,1-3H3. The average molecular weight is 341 g/mol. The number of rotatable bonds is 6. The highest BCUT2D eigenvalue weighted by atomic mass is 16.6. The number of hydrogen-bond donors (Lipinski definition) is 0. The van der Waals surface area contributed by atoms with Gasteiger partial charge < -0.3 is 9.47 Å². The highest BCUT2D eigenvalue weighted by Crippen LogP contribution is 2.28. The minimum Gasteiger partial charge on any atom is -0.449 e. The van der Waals surface area contributed by atoms with Gasteiger partial charge in [0.25, 0.3) is 0 Å². The first-order valence-corrected chi connectivity index (χ1v) is 8.37. The maximum Gasteiger partial charge on any atom is 0.414 e. The molecule has 0 heterocycles. The predicted molar refractivity (Wildman–Crippen MR) is 97.3 cm³/mol. The van der Waals surface area contributed by atoms with Crippen LogP contribution in [0.1, 0.15) is 36.2 Å². The molecule has 0 spiro atoms. The lowest BCUT2D eigenvalue weighted by molar-refractivity contribution is 0.0734. The van der Waals surface area contributed by atoms with Gasteiger partial charge in [0, 0.05) is 7.05 Å². The Morgan fingerprint density at radius 2 is 1.68 bits per heavy atom. The number of nitrogens with zero attached hydrogens (tertiary/aromatic N) is 1. The van der Waals surface area contributed by atoms with E-state index in [0.717, 1.165) is 12.8 Å². The Labute approximate surface area is 148 Å². The number of ether oxygens (including phenoxy) is 2. The largest absolute Gasteiger partial charge is 0.449 e. The number of aryl methyl sites for hydroxylation is 1. The lowest BCUT2D eigenvalue weighted by Crippen LogP contribution is -2.27. The van der Waals surface area contributed by atoms with Gasteiger partial charge in [-0.3, -0.25) is 4.90 Å². The summed E-state index contributed by atoms with van der Waals surface area (Å²) in [6.45, 7) is 4.12. The van der Waals surface area contributed by atoms with E-state index in [-0.39, 0.29) is 6.61 Å². The summed E-state index contributed by atoms with van der Waals surface area (Å²) < 4.78 is 10.5. The summed E-state index contributed by atoms with van der Waals surface area (Å²) in [7, 11) is 1.57. The molecule has 0 aliphatic heterocycles. The van der Waals surface area contributed by atoms with Crippen molar-refractivity contribution in [1.82, 2.24) is 0 Å². The van der Waals surface area contributed by atoms with Crippen molar-refractivity contribution in [2.45, 2.75) is 26.7 Å². The highest BCUT2D eigenvalue weighted by Gasteiger charge is 2.18. The molecule has 0 aliphatic rings. The number of anilines is 1. The molecular formula is C20H23NO4. The van der Waals surface area contributed by atoms with Crippen LogP contribution in [0.3, 0.4) is 0 Å². The van der Waals surface area contributed by atoms with E-state index in [2.05, 4.69) is 6.92 Å². The summed E-state index contributed by atoms with van der Waals surface area (Å²) in [4.78, 5) is 25.6. The number of carbonyl (C=O) groups is 2. The maximum atomic E-state index is 12.4. The molecule has 25 heavy (non-hydrogen) atoms. The van der Waals surface area contributed by atoms with E-state index in [1.165, 1.54) is 10.5 Å². The molecule has 5 nitrogen and oxygen atoms in total. The van der Waals surface area contributed by atoms with Crippen molar-refractivity contribution in [1.29, 1.82) is 0 Å². The van der Waals surface area contributed by atoms with Gasteiger partial charge in [-0.1, -0.05) is 37.6 Å². The second-order valence-corrected chi connectivity index (χ2v) is 5.56. The molecule has 0 saturated heterocycles. The number of hydrogen-bond acceptors (Lipinski definition) is 4. The Morgan fingerprint density at radius 3 is 2.32 bits per heavy atom.